The van der Waals surface area contributed by atoms with E-state index in [1.54, 1.807) is 0 Å². The van der Waals surface area contributed by atoms with Crippen molar-refractivity contribution in [1.82, 2.24) is 20.3 Å². The molecule has 24 heavy (non-hydrogen) atoms. The van der Waals surface area contributed by atoms with Crippen LogP contribution in [0.2, 0.25) is 0 Å². The van der Waals surface area contributed by atoms with Gasteiger partial charge in [0.15, 0.2) is 17.3 Å². The number of aromatic nitrogens is 4. The average molecular weight is 323 g/mol. The van der Waals surface area contributed by atoms with Gasteiger partial charge >= 0.3 is 0 Å². The third kappa shape index (κ3) is 2.32. The normalized spacial score (nSPS) is 18.2. The van der Waals surface area contributed by atoms with Crippen LogP contribution in [0, 0.1) is 0 Å². The van der Waals surface area contributed by atoms with Gasteiger partial charge < -0.3 is 14.2 Å². The molecule has 1 saturated heterocycles. The molecule has 3 aromatic rings. The van der Waals surface area contributed by atoms with Crippen molar-refractivity contribution in [2.75, 3.05) is 31.2 Å². The van der Waals surface area contributed by atoms with Crippen LogP contribution in [0.5, 0.6) is 0 Å². The minimum atomic E-state index is 0.453. The van der Waals surface area contributed by atoms with E-state index in [-0.39, 0.29) is 0 Å². The van der Waals surface area contributed by atoms with Gasteiger partial charge in [-0.1, -0.05) is 29.4 Å². The molecule has 2 aromatic heterocycles. The summed E-state index contributed by atoms with van der Waals surface area (Å²) in [7, 11) is 0. The summed E-state index contributed by atoms with van der Waals surface area (Å²) < 4.78 is 10.9. The highest BCUT2D eigenvalue weighted by Gasteiger charge is 2.30. The molecule has 1 aromatic carbocycles. The van der Waals surface area contributed by atoms with Crippen LogP contribution < -0.4 is 4.90 Å². The molecular weight excluding hydrogens is 306 g/mol. The Bertz CT molecular complexity index is 884. The molecule has 1 aliphatic heterocycles. The van der Waals surface area contributed by atoms with Crippen LogP contribution in [0.1, 0.15) is 24.6 Å². The molecule has 1 saturated carbocycles. The number of ether oxygens (including phenoxy) is 1. The number of hydrogen-bond acceptors (Lipinski definition) is 7. The van der Waals surface area contributed by atoms with E-state index in [9.17, 15) is 0 Å². The number of rotatable bonds is 3. The van der Waals surface area contributed by atoms with Crippen molar-refractivity contribution in [3.05, 3.63) is 30.1 Å². The SMILES string of the molecule is c1ccc2c(N3CCOCC3)nnc(-c3nc(C4CC4)no3)c2c1. The molecule has 7 heteroatoms. The molecule has 0 N–H and O–H groups in total. The average Bonchev–Trinajstić information content (AvgIpc) is 3.39. The van der Waals surface area contributed by atoms with E-state index in [2.05, 4.69) is 31.3 Å². The van der Waals surface area contributed by atoms with Crippen molar-refractivity contribution in [2.45, 2.75) is 18.8 Å². The Morgan fingerprint density at radius 2 is 1.79 bits per heavy atom. The highest BCUT2D eigenvalue weighted by molar-refractivity contribution is 5.99. The van der Waals surface area contributed by atoms with Gasteiger partial charge in [-0.25, -0.2) is 0 Å². The highest BCUT2D eigenvalue weighted by atomic mass is 16.5. The first-order valence-electron chi connectivity index (χ1n) is 8.32. The maximum Gasteiger partial charge on any atom is 0.279 e. The summed E-state index contributed by atoms with van der Waals surface area (Å²) in [6.07, 6.45) is 2.28. The zero-order valence-electron chi connectivity index (χ0n) is 13.2. The van der Waals surface area contributed by atoms with Crippen LogP contribution in [0.4, 0.5) is 5.82 Å². The van der Waals surface area contributed by atoms with Crippen molar-refractivity contribution in [3.63, 3.8) is 0 Å². The standard InChI is InChI=1S/C17H17N5O2/c1-2-4-13-12(3-1)14(17-18-15(21-24-17)11-5-6-11)19-20-16(13)22-7-9-23-10-8-22/h1-4,11H,5-10H2. The Hall–Kier alpha value is -2.54. The quantitative estimate of drug-likeness (QED) is 0.732. The molecule has 0 atom stereocenters. The topological polar surface area (TPSA) is 77.2 Å². The summed E-state index contributed by atoms with van der Waals surface area (Å²) in [6.45, 7) is 3.08. The van der Waals surface area contributed by atoms with Crippen LogP contribution in [0.15, 0.2) is 28.8 Å². The van der Waals surface area contributed by atoms with Crippen molar-refractivity contribution < 1.29 is 9.26 Å². The third-order valence-electron chi connectivity index (χ3n) is 4.57. The molecular formula is C17H17N5O2. The molecule has 5 rings (SSSR count). The van der Waals surface area contributed by atoms with E-state index < -0.39 is 0 Å². The molecule has 1 aliphatic carbocycles. The molecule has 3 heterocycles. The number of anilines is 1. The lowest BCUT2D eigenvalue weighted by atomic mass is 10.1. The molecule has 0 spiro atoms. The fourth-order valence-electron chi connectivity index (χ4n) is 3.09. The number of fused-ring (bicyclic) bond motifs is 1. The lowest BCUT2D eigenvalue weighted by Gasteiger charge is -2.28. The zero-order chi connectivity index (χ0) is 15.9. The summed E-state index contributed by atoms with van der Waals surface area (Å²) in [4.78, 5) is 6.74. The summed E-state index contributed by atoms with van der Waals surface area (Å²) in [5, 5.41) is 15.0. The molecule has 0 bridgehead atoms. The molecule has 2 aliphatic rings. The van der Waals surface area contributed by atoms with Gasteiger partial charge in [0, 0.05) is 29.8 Å². The van der Waals surface area contributed by atoms with Gasteiger partial charge in [-0.3, -0.25) is 0 Å². The number of nitrogens with zero attached hydrogens (tertiary/aromatic N) is 5. The molecule has 0 unspecified atom stereocenters. The Morgan fingerprint density at radius 1 is 1.00 bits per heavy atom. The molecule has 122 valence electrons. The summed E-state index contributed by atoms with van der Waals surface area (Å²) in [6, 6.07) is 8.11. The van der Waals surface area contributed by atoms with Crippen molar-refractivity contribution in [3.8, 4) is 11.6 Å². The van der Waals surface area contributed by atoms with Gasteiger partial charge in [-0.15, -0.1) is 10.2 Å². The minimum Gasteiger partial charge on any atom is -0.378 e. The molecule has 0 radical (unpaired) electrons. The first-order chi connectivity index (χ1) is 11.9. The Labute approximate surface area is 138 Å². The largest absolute Gasteiger partial charge is 0.378 e. The van der Waals surface area contributed by atoms with Crippen LogP contribution >= 0.6 is 0 Å². The molecule has 7 nitrogen and oxygen atoms in total. The Balaban J connectivity index is 1.61. The highest BCUT2D eigenvalue weighted by Crippen LogP contribution is 2.39. The van der Waals surface area contributed by atoms with Crippen LogP contribution in [-0.2, 0) is 4.74 Å². The minimum absolute atomic E-state index is 0.453. The second-order valence-corrected chi connectivity index (χ2v) is 6.25. The summed E-state index contributed by atoms with van der Waals surface area (Å²) >= 11 is 0. The van der Waals surface area contributed by atoms with E-state index in [1.807, 2.05) is 18.2 Å². The zero-order valence-corrected chi connectivity index (χ0v) is 13.2. The summed E-state index contributed by atoms with van der Waals surface area (Å²) in [5.41, 5.74) is 0.655. The third-order valence-corrected chi connectivity index (χ3v) is 4.57. The Kier molecular flexibility index (Phi) is 3.19. The van der Waals surface area contributed by atoms with Crippen LogP contribution in [0.3, 0.4) is 0 Å². The van der Waals surface area contributed by atoms with Gasteiger partial charge in [0.1, 0.15) is 0 Å². The maximum absolute atomic E-state index is 5.45. The lowest BCUT2D eigenvalue weighted by Crippen LogP contribution is -2.37. The van der Waals surface area contributed by atoms with E-state index in [0.29, 0.717) is 30.7 Å². The van der Waals surface area contributed by atoms with E-state index in [0.717, 1.165) is 48.3 Å². The smallest absolute Gasteiger partial charge is 0.279 e. The predicted molar refractivity (Wildman–Crippen MR) is 87.8 cm³/mol. The van der Waals surface area contributed by atoms with Crippen molar-refractivity contribution in [1.29, 1.82) is 0 Å². The van der Waals surface area contributed by atoms with Gasteiger partial charge in [-0.2, -0.15) is 4.98 Å². The van der Waals surface area contributed by atoms with Crippen molar-refractivity contribution in [2.24, 2.45) is 0 Å². The van der Waals surface area contributed by atoms with E-state index in [4.69, 9.17) is 9.26 Å². The second-order valence-electron chi connectivity index (χ2n) is 6.25. The van der Waals surface area contributed by atoms with Crippen molar-refractivity contribution >= 4 is 16.6 Å². The van der Waals surface area contributed by atoms with Gasteiger partial charge in [0.2, 0.25) is 0 Å². The fraction of sp³-hybridized carbons (Fsp3) is 0.412. The number of morpholine rings is 1. The maximum atomic E-state index is 5.45. The van der Waals surface area contributed by atoms with Crippen LogP contribution in [-0.4, -0.2) is 46.6 Å². The van der Waals surface area contributed by atoms with Gasteiger partial charge in [-0.05, 0) is 12.8 Å². The molecule has 0 amide bonds. The number of hydrogen-bond donors (Lipinski definition) is 0. The second kappa shape index (κ2) is 5.52. The summed E-state index contributed by atoms with van der Waals surface area (Å²) in [5.74, 6) is 2.58. The molecule has 2 fully saturated rings. The lowest BCUT2D eigenvalue weighted by molar-refractivity contribution is 0.122. The predicted octanol–water partition coefficient (Wildman–Crippen LogP) is 2.39. The fourth-order valence-corrected chi connectivity index (χ4v) is 3.09. The van der Waals surface area contributed by atoms with Crippen LogP contribution in [0.25, 0.3) is 22.4 Å². The first-order valence-corrected chi connectivity index (χ1v) is 8.32. The van der Waals surface area contributed by atoms with Gasteiger partial charge in [0.25, 0.3) is 5.89 Å². The van der Waals surface area contributed by atoms with E-state index >= 15 is 0 Å². The number of benzene rings is 1. The van der Waals surface area contributed by atoms with E-state index in [1.165, 1.54) is 0 Å². The Morgan fingerprint density at radius 3 is 2.58 bits per heavy atom. The van der Waals surface area contributed by atoms with Gasteiger partial charge in [0.05, 0.1) is 13.2 Å². The first kappa shape index (κ1) is 13.9. The monoisotopic (exact) mass is 323 g/mol.